The third-order valence-electron chi connectivity index (χ3n) is 6.51. The van der Waals surface area contributed by atoms with Gasteiger partial charge in [-0.05, 0) is 48.3 Å². The lowest BCUT2D eigenvalue weighted by molar-refractivity contribution is -0.496. The van der Waals surface area contributed by atoms with E-state index in [1.165, 1.54) is 0 Å². The molecule has 0 spiro atoms. The Labute approximate surface area is 217 Å². The summed E-state index contributed by atoms with van der Waals surface area (Å²) in [5, 5.41) is 30.7. The van der Waals surface area contributed by atoms with Crippen LogP contribution in [-0.4, -0.2) is 64.9 Å². The Kier molecular flexibility index (Phi) is 9.60. The second-order valence-corrected chi connectivity index (χ2v) is 9.26. The smallest absolute Gasteiger partial charge is 0.303 e. The average molecular weight is 507 g/mol. The van der Waals surface area contributed by atoms with Crippen molar-refractivity contribution < 1.29 is 34.3 Å². The first-order valence-electron chi connectivity index (χ1n) is 12.7. The van der Waals surface area contributed by atoms with E-state index in [4.69, 9.17) is 10.2 Å². The van der Waals surface area contributed by atoms with E-state index in [0.717, 1.165) is 30.8 Å². The molecule has 1 aromatic carbocycles. The first-order chi connectivity index (χ1) is 17.7. The molecule has 1 aromatic rings. The van der Waals surface area contributed by atoms with Gasteiger partial charge in [-0.2, -0.15) is 0 Å². The van der Waals surface area contributed by atoms with Crippen molar-refractivity contribution in [1.29, 1.82) is 0 Å². The number of carbonyl (C=O) groups excluding carboxylic acids is 1. The second-order valence-electron chi connectivity index (χ2n) is 9.26. The minimum absolute atomic E-state index is 0.102. The minimum Gasteiger partial charge on any atom is -0.871 e. The van der Waals surface area contributed by atoms with Gasteiger partial charge in [-0.15, -0.1) is 0 Å². The van der Waals surface area contributed by atoms with E-state index >= 15 is 0 Å². The number of ketones is 1. The Balaban J connectivity index is 1.73. The van der Waals surface area contributed by atoms with E-state index in [2.05, 4.69) is 11.8 Å². The van der Waals surface area contributed by atoms with E-state index in [1.807, 2.05) is 35.9 Å². The van der Waals surface area contributed by atoms with Gasteiger partial charge < -0.3 is 20.2 Å². The highest BCUT2D eigenvalue weighted by Gasteiger charge is 2.30. The maximum Gasteiger partial charge on any atom is 0.303 e. The molecule has 8 nitrogen and oxygen atoms in total. The van der Waals surface area contributed by atoms with Gasteiger partial charge in [-0.3, -0.25) is 14.4 Å². The number of Topliss-reactive ketones (excluding diaryl/α,β-unsaturated/α-hetero) is 1. The zero-order chi connectivity index (χ0) is 26.9. The van der Waals surface area contributed by atoms with Crippen LogP contribution < -0.4 is 10.0 Å². The molecule has 0 fully saturated rings. The highest BCUT2D eigenvalue weighted by atomic mass is 16.4. The number of aliphatic carboxylic acids is 2. The van der Waals surface area contributed by atoms with Crippen LogP contribution in [-0.2, 0) is 14.4 Å². The quantitative estimate of drug-likeness (QED) is 0.311. The van der Waals surface area contributed by atoms with Crippen LogP contribution in [0.5, 0.6) is 0 Å². The molecule has 8 heteroatoms. The summed E-state index contributed by atoms with van der Waals surface area (Å²) in [4.78, 5) is 36.7. The van der Waals surface area contributed by atoms with Gasteiger partial charge in [0.25, 0.3) is 0 Å². The van der Waals surface area contributed by atoms with Crippen LogP contribution >= 0.6 is 0 Å². The number of carboxylic acids is 2. The summed E-state index contributed by atoms with van der Waals surface area (Å²) >= 11 is 0. The van der Waals surface area contributed by atoms with E-state index < -0.39 is 11.9 Å². The summed E-state index contributed by atoms with van der Waals surface area (Å²) < 4.78 is 1.94. The summed E-state index contributed by atoms with van der Waals surface area (Å²) in [6.07, 6.45) is 10.4. The second kappa shape index (κ2) is 12.9. The number of carboxylic acid groups (broad SMARTS) is 2. The van der Waals surface area contributed by atoms with Crippen molar-refractivity contribution in [1.82, 2.24) is 0 Å². The Morgan fingerprint density at radius 3 is 2.05 bits per heavy atom. The lowest BCUT2D eigenvalue weighted by Crippen LogP contribution is -2.30. The molecule has 3 rings (SSSR count). The highest BCUT2D eigenvalue weighted by molar-refractivity contribution is 6.39. The number of allylic oxidation sites excluding steroid dienone is 7. The molecule has 0 amide bonds. The molecule has 2 N–H and O–H groups in total. The van der Waals surface area contributed by atoms with E-state index in [-0.39, 0.29) is 35.5 Å². The molecule has 0 unspecified atom stereocenters. The van der Waals surface area contributed by atoms with E-state index in [0.29, 0.717) is 37.1 Å². The van der Waals surface area contributed by atoms with Gasteiger partial charge in [-0.25, -0.2) is 4.58 Å². The third kappa shape index (κ3) is 7.06. The molecule has 0 radical (unpaired) electrons. The van der Waals surface area contributed by atoms with Gasteiger partial charge in [0.1, 0.15) is 13.6 Å². The van der Waals surface area contributed by atoms with Crippen LogP contribution in [0.4, 0.5) is 5.69 Å². The molecule has 0 bridgehead atoms. The molecule has 0 aliphatic heterocycles. The van der Waals surface area contributed by atoms with Crippen LogP contribution in [0.1, 0.15) is 51.0 Å². The van der Waals surface area contributed by atoms with Crippen molar-refractivity contribution in [2.45, 2.75) is 45.4 Å². The average Bonchev–Trinajstić information content (AvgIpc) is 2.87. The number of nitrogens with zero attached hydrogens (tertiary/aromatic N) is 2. The highest BCUT2D eigenvalue weighted by Crippen LogP contribution is 2.37. The molecular weight excluding hydrogens is 472 g/mol. The van der Waals surface area contributed by atoms with Gasteiger partial charge in [-0.1, -0.05) is 31.2 Å². The summed E-state index contributed by atoms with van der Waals surface area (Å²) in [7, 11) is 1.87. The molecule has 0 saturated carbocycles. The number of hydrogen-bond acceptors (Lipinski definition) is 5. The number of hydrogen-bond donors (Lipinski definition) is 2. The maximum absolute atomic E-state index is 12.9. The van der Waals surface area contributed by atoms with Crippen molar-refractivity contribution in [2.24, 2.45) is 0 Å². The monoisotopic (exact) mass is 506 g/mol. The van der Waals surface area contributed by atoms with Crippen LogP contribution in [0.3, 0.4) is 0 Å². The molecule has 2 aliphatic carbocycles. The minimum atomic E-state index is -0.826. The Bertz CT molecular complexity index is 1180. The SMILES string of the molecule is CCCCN(CCCC(=O)O)c1ccc(C2=C([O-])C(=C3C=CC(=[N+](C)CCCC(=O)O)C=C3)C2=O)cc1. The standard InChI is InChI=1S/C29H34N2O6/c1-3-4-18-31(19-6-8-25(34)35)23-15-11-21(12-16-23)27-28(36)26(29(27)37)20-9-13-22(14-10-20)30(2)17-5-7-24(32)33/h9-16H,3-8,17-19H2,1-2H3,(H2-,32,33,34,35,36,37). The molecule has 0 saturated heterocycles. The molecule has 0 aromatic heterocycles. The zero-order valence-corrected chi connectivity index (χ0v) is 21.4. The third-order valence-corrected chi connectivity index (χ3v) is 6.51. The first-order valence-corrected chi connectivity index (χ1v) is 12.7. The van der Waals surface area contributed by atoms with E-state index in [1.54, 1.807) is 24.3 Å². The Hall–Kier alpha value is -3.94. The maximum atomic E-state index is 12.9. The molecule has 2 aliphatic rings. The van der Waals surface area contributed by atoms with Crippen LogP contribution in [0, 0.1) is 0 Å². The number of benzene rings is 1. The Morgan fingerprint density at radius 1 is 0.892 bits per heavy atom. The van der Waals surface area contributed by atoms with Crippen molar-refractivity contribution >= 4 is 34.7 Å². The Morgan fingerprint density at radius 2 is 1.49 bits per heavy atom. The summed E-state index contributed by atoms with van der Waals surface area (Å²) in [5.74, 6) is -2.18. The fourth-order valence-electron chi connectivity index (χ4n) is 4.38. The number of anilines is 1. The van der Waals surface area contributed by atoms with Crippen molar-refractivity contribution in [3.63, 3.8) is 0 Å². The molecule has 196 valence electrons. The summed E-state index contributed by atoms with van der Waals surface area (Å²) in [5.41, 5.74) is 3.33. The van der Waals surface area contributed by atoms with Crippen LogP contribution in [0.15, 0.2) is 65.5 Å². The number of unbranched alkanes of at least 4 members (excludes halogenated alkanes) is 1. The van der Waals surface area contributed by atoms with Gasteiger partial charge in [0.15, 0.2) is 11.5 Å². The molecule has 37 heavy (non-hydrogen) atoms. The first kappa shape index (κ1) is 27.6. The zero-order valence-electron chi connectivity index (χ0n) is 21.4. The lowest BCUT2D eigenvalue weighted by atomic mass is 9.80. The number of rotatable bonds is 13. The summed E-state index contributed by atoms with van der Waals surface area (Å²) in [6, 6.07) is 7.32. The predicted molar refractivity (Wildman–Crippen MR) is 141 cm³/mol. The van der Waals surface area contributed by atoms with Gasteiger partial charge in [0.2, 0.25) is 0 Å². The fourth-order valence-corrected chi connectivity index (χ4v) is 4.38. The van der Waals surface area contributed by atoms with Gasteiger partial charge >= 0.3 is 11.9 Å². The lowest BCUT2D eigenvalue weighted by Gasteiger charge is -2.32. The van der Waals surface area contributed by atoms with Crippen molar-refractivity contribution in [3.8, 4) is 0 Å². The normalized spacial score (nSPS) is 14.8. The van der Waals surface area contributed by atoms with Crippen LogP contribution in [0.25, 0.3) is 5.57 Å². The van der Waals surface area contributed by atoms with Crippen molar-refractivity contribution in [3.05, 3.63) is 71.0 Å². The van der Waals surface area contributed by atoms with E-state index in [9.17, 15) is 19.5 Å². The number of carbonyl (C=O) groups is 3. The van der Waals surface area contributed by atoms with Crippen LogP contribution in [0.2, 0.25) is 0 Å². The van der Waals surface area contributed by atoms with Gasteiger partial charge in [0.05, 0.1) is 6.42 Å². The fraction of sp³-hybridized carbons (Fsp3) is 0.379. The molecular formula is C29H34N2O6. The topological polar surface area (TPSA) is 121 Å². The van der Waals surface area contributed by atoms with Crippen molar-refractivity contribution in [2.75, 3.05) is 31.6 Å². The largest absolute Gasteiger partial charge is 0.871 e. The summed E-state index contributed by atoms with van der Waals surface area (Å²) in [6.45, 7) is 4.13. The molecule has 0 heterocycles. The molecule has 0 atom stereocenters. The predicted octanol–water partition coefficient (Wildman–Crippen LogP) is 3.18. The van der Waals surface area contributed by atoms with Gasteiger partial charge in [0, 0.05) is 54.9 Å².